The number of amides is 2. The molecule has 2 aromatic carbocycles. The minimum absolute atomic E-state index is 0.173. The van der Waals surface area contributed by atoms with Crippen LogP contribution >= 0.6 is 15.9 Å². The third kappa shape index (κ3) is 20.5. The Kier molecular flexibility index (Phi) is 28.0. The Morgan fingerprint density at radius 3 is 1.16 bits per heavy atom. The molecule has 0 spiro atoms. The van der Waals surface area contributed by atoms with E-state index in [1.807, 2.05) is 6.07 Å². The molecule has 0 saturated heterocycles. The van der Waals surface area contributed by atoms with E-state index in [9.17, 15) is 9.59 Å². The molecule has 13 nitrogen and oxygen atoms in total. The second-order valence-corrected chi connectivity index (χ2v) is 20.8. The van der Waals surface area contributed by atoms with Gasteiger partial charge in [0.05, 0.1) is 13.1 Å². The molecule has 2 unspecified atom stereocenters. The van der Waals surface area contributed by atoms with E-state index in [-0.39, 0.29) is 29.5 Å². The number of halogens is 1. The maximum absolute atomic E-state index is 13.0. The van der Waals surface area contributed by atoms with Gasteiger partial charge < -0.3 is 16.4 Å². The third-order valence-corrected chi connectivity index (χ3v) is 13.4. The monoisotopic (exact) mass is 1000 g/mol. The lowest BCUT2D eigenvalue weighted by Crippen LogP contribution is -2.30. The van der Waals surface area contributed by atoms with E-state index in [4.69, 9.17) is 5.73 Å². The number of hydrogen-bond acceptors (Lipinski definition) is 9. The van der Waals surface area contributed by atoms with Gasteiger partial charge in [-0.3, -0.25) is 9.59 Å². The molecule has 0 aliphatic rings. The summed E-state index contributed by atoms with van der Waals surface area (Å²) in [6, 6.07) is 11.4. The van der Waals surface area contributed by atoms with E-state index in [1.54, 1.807) is 9.59 Å². The lowest BCUT2D eigenvalue weighted by molar-refractivity contribution is -0.118. The molecular weight excluding hydrogens is 915 g/mol. The van der Waals surface area contributed by atoms with Crippen LogP contribution in [0.3, 0.4) is 0 Å². The number of benzene rings is 2. The van der Waals surface area contributed by atoms with E-state index in [2.05, 4.69) is 157 Å². The van der Waals surface area contributed by atoms with Crippen LogP contribution in [0.1, 0.15) is 266 Å². The Balaban J connectivity index is 0.000000360. The number of alkyl halides is 1. The van der Waals surface area contributed by atoms with Crippen LogP contribution in [0.4, 0.5) is 11.4 Å². The molecule has 14 heteroatoms. The summed E-state index contributed by atoms with van der Waals surface area (Å²) in [6.45, 7) is 23.0. The number of nitrogens with zero attached hydrogens (tertiary/aromatic N) is 8. The van der Waals surface area contributed by atoms with Crippen molar-refractivity contribution in [2.24, 2.45) is 5.73 Å². The molecule has 0 bridgehead atoms. The highest BCUT2D eigenvalue weighted by Crippen LogP contribution is 2.35. The molecule has 0 fully saturated rings. The van der Waals surface area contributed by atoms with Gasteiger partial charge in [-0.2, -0.15) is 9.59 Å². The fourth-order valence-corrected chi connectivity index (χ4v) is 8.72. The van der Waals surface area contributed by atoms with Crippen LogP contribution in [0.5, 0.6) is 0 Å². The van der Waals surface area contributed by atoms with Crippen molar-refractivity contribution in [2.45, 2.75) is 245 Å². The quantitative estimate of drug-likeness (QED) is 0.0318. The standard InChI is InChI=1S/C27H44BrN5O.C27H46N6O/c2*1-6-7-8-9-10-11-12-13-14-15-19-33-31-26(30-32-33)24(28)27(34)29-25-22(20(2)3)17-16-18-23(25)21(4)5/h16-18,20-21,24H,6-15,19H2,1-5H3,(H,29,34);16-18,20-21,24H,6-15,19,28H2,1-5H3,(H,29,34). The van der Waals surface area contributed by atoms with Crippen molar-refractivity contribution in [1.29, 1.82) is 0 Å². The third-order valence-electron chi connectivity index (χ3n) is 12.6. The average molecular weight is 1010 g/mol. The number of aryl methyl sites for hydroxylation is 2. The van der Waals surface area contributed by atoms with Crippen molar-refractivity contribution >= 4 is 39.1 Å². The average Bonchev–Trinajstić information content (AvgIpc) is 4.00. The maximum Gasteiger partial charge on any atom is 0.249 e. The topological polar surface area (TPSA) is 171 Å². The highest BCUT2D eigenvalue weighted by molar-refractivity contribution is 9.09. The van der Waals surface area contributed by atoms with E-state index in [0.717, 1.165) is 59.4 Å². The molecular formula is C54H90BrN11O2. The Morgan fingerprint density at radius 1 is 0.500 bits per heavy atom. The second kappa shape index (κ2) is 32.7. The molecule has 0 radical (unpaired) electrons. The summed E-state index contributed by atoms with van der Waals surface area (Å²) in [5.41, 5.74) is 12.4. The Labute approximate surface area is 419 Å². The predicted molar refractivity (Wildman–Crippen MR) is 284 cm³/mol. The molecule has 0 aliphatic heterocycles. The summed E-state index contributed by atoms with van der Waals surface area (Å²) in [6.07, 6.45) is 25.7. The Bertz CT molecular complexity index is 1820. The molecule has 2 amide bonds. The number of nitrogens with two attached hydrogens (primary N) is 1. The van der Waals surface area contributed by atoms with Gasteiger partial charge >= 0.3 is 0 Å². The van der Waals surface area contributed by atoms with E-state index in [0.29, 0.717) is 24.2 Å². The molecule has 380 valence electrons. The highest BCUT2D eigenvalue weighted by atomic mass is 79.9. The molecule has 4 N–H and O–H groups in total. The summed E-state index contributed by atoms with van der Waals surface area (Å²) in [4.78, 5) is 28.5. The Hall–Kier alpha value is -4.04. The van der Waals surface area contributed by atoms with Crippen molar-refractivity contribution in [2.75, 3.05) is 10.6 Å². The number of rotatable bonds is 32. The number of hydrogen-bond donors (Lipinski definition) is 3. The van der Waals surface area contributed by atoms with Gasteiger partial charge in [-0.15, -0.1) is 20.4 Å². The molecule has 2 heterocycles. The number of anilines is 2. The summed E-state index contributed by atoms with van der Waals surface area (Å²) in [5.74, 6) is 1.36. The van der Waals surface area contributed by atoms with Crippen molar-refractivity contribution in [1.82, 2.24) is 40.4 Å². The van der Waals surface area contributed by atoms with Gasteiger partial charge in [0.2, 0.25) is 17.6 Å². The van der Waals surface area contributed by atoms with Crippen molar-refractivity contribution < 1.29 is 9.59 Å². The zero-order chi connectivity index (χ0) is 49.8. The van der Waals surface area contributed by atoms with Crippen LogP contribution in [0.25, 0.3) is 0 Å². The molecule has 68 heavy (non-hydrogen) atoms. The Morgan fingerprint density at radius 2 is 0.809 bits per heavy atom. The van der Waals surface area contributed by atoms with Gasteiger partial charge in [-0.05, 0) is 69.2 Å². The zero-order valence-corrected chi connectivity index (χ0v) is 45.4. The first kappa shape index (κ1) is 58.3. The van der Waals surface area contributed by atoms with Crippen molar-refractivity contribution in [3.8, 4) is 0 Å². The van der Waals surface area contributed by atoms with Gasteiger partial charge in [0.25, 0.3) is 0 Å². The highest BCUT2D eigenvalue weighted by Gasteiger charge is 2.26. The molecule has 2 aromatic heterocycles. The smallest absolute Gasteiger partial charge is 0.249 e. The predicted octanol–water partition coefficient (Wildman–Crippen LogP) is 14.4. The lowest BCUT2D eigenvalue weighted by atomic mass is 9.92. The summed E-state index contributed by atoms with van der Waals surface area (Å²) in [7, 11) is 0. The second-order valence-electron chi connectivity index (χ2n) is 19.9. The first-order valence-electron chi connectivity index (χ1n) is 26.5. The normalized spacial score (nSPS) is 12.5. The van der Waals surface area contributed by atoms with Crippen LogP contribution < -0.4 is 16.4 Å². The molecule has 2 atom stereocenters. The van der Waals surface area contributed by atoms with Gasteiger partial charge in [0, 0.05) is 11.4 Å². The fourth-order valence-electron chi connectivity index (χ4n) is 8.42. The minimum Gasteiger partial charge on any atom is -0.324 e. The minimum atomic E-state index is -0.957. The van der Waals surface area contributed by atoms with Gasteiger partial charge in [0.15, 0.2) is 10.7 Å². The number of carbonyl (C=O) groups is 2. The zero-order valence-electron chi connectivity index (χ0n) is 43.8. The van der Waals surface area contributed by atoms with Crippen molar-refractivity contribution in [3.63, 3.8) is 0 Å². The molecule has 0 saturated carbocycles. The van der Waals surface area contributed by atoms with Crippen LogP contribution in [0, 0.1) is 0 Å². The first-order chi connectivity index (χ1) is 32.7. The van der Waals surface area contributed by atoms with Gasteiger partial charge in [-0.1, -0.05) is 237 Å². The van der Waals surface area contributed by atoms with Gasteiger partial charge in [0.1, 0.15) is 6.04 Å². The molecule has 0 aliphatic carbocycles. The van der Waals surface area contributed by atoms with Crippen molar-refractivity contribution in [3.05, 3.63) is 70.3 Å². The maximum atomic E-state index is 13.0. The van der Waals surface area contributed by atoms with Crippen LogP contribution in [0.2, 0.25) is 0 Å². The van der Waals surface area contributed by atoms with E-state index < -0.39 is 10.9 Å². The van der Waals surface area contributed by atoms with Gasteiger partial charge in [-0.25, -0.2) is 0 Å². The lowest BCUT2D eigenvalue weighted by Gasteiger charge is -2.21. The fraction of sp³-hybridized carbons (Fsp3) is 0.704. The van der Waals surface area contributed by atoms with E-state index >= 15 is 0 Å². The summed E-state index contributed by atoms with van der Waals surface area (Å²) < 4.78 is 0. The first-order valence-corrected chi connectivity index (χ1v) is 27.4. The van der Waals surface area contributed by atoms with Crippen LogP contribution in [-0.4, -0.2) is 52.2 Å². The number of carbonyl (C=O) groups excluding carboxylic acids is 2. The number of aromatic nitrogens is 8. The summed E-state index contributed by atoms with van der Waals surface area (Å²) in [5, 5.41) is 31.5. The number of para-hydroxylation sites is 2. The van der Waals surface area contributed by atoms with E-state index in [1.165, 1.54) is 109 Å². The summed E-state index contributed by atoms with van der Waals surface area (Å²) >= 11 is 3.49. The number of tetrazole rings is 2. The number of unbranched alkanes of at least 4 members (excludes halogenated alkanes) is 18. The largest absolute Gasteiger partial charge is 0.324 e. The molecule has 4 rings (SSSR count). The van der Waals surface area contributed by atoms with Crippen LogP contribution in [0.15, 0.2) is 36.4 Å². The SMILES string of the molecule is CCCCCCCCCCCCn1nnc(C(Br)C(=O)Nc2c(C(C)C)cccc2C(C)C)n1.CCCCCCCCCCCCn1nnc(C(N)C(=O)Nc2c(C(C)C)cccc2C(C)C)n1. The molecule has 4 aromatic rings. The van der Waals surface area contributed by atoms with Crippen LogP contribution in [-0.2, 0) is 22.7 Å². The number of nitrogens with one attached hydrogen (secondary N) is 2.